The summed E-state index contributed by atoms with van der Waals surface area (Å²) in [5.41, 5.74) is 3.12. The molecule has 3 heterocycles. The molecule has 216 valence electrons. The predicted molar refractivity (Wildman–Crippen MR) is 158 cm³/mol. The van der Waals surface area contributed by atoms with Crippen LogP contribution in [0.1, 0.15) is 54.1 Å². The van der Waals surface area contributed by atoms with E-state index in [1.807, 2.05) is 44.2 Å². The molecule has 2 aromatic heterocycles. The zero-order valence-corrected chi connectivity index (χ0v) is 24.7. The molecule has 0 N–H and O–H groups in total. The Morgan fingerprint density at radius 3 is 2.48 bits per heavy atom. The first-order chi connectivity index (χ1) is 20.3. The molecular formula is C32H30N2O7S. The van der Waals surface area contributed by atoms with E-state index in [2.05, 4.69) is 4.99 Å². The molecule has 0 amide bonds. The number of fused-ring (bicyclic) bond motifs is 1. The average Bonchev–Trinajstić information content (AvgIpc) is 3.56. The van der Waals surface area contributed by atoms with E-state index >= 15 is 0 Å². The van der Waals surface area contributed by atoms with Crippen molar-refractivity contribution in [2.45, 2.75) is 33.7 Å². The summed E-state index contributed by atoms with van der Waals surface area (Å²) in [5, 5.41) is 0. The highest BCUT2D eigenvalue weighted by atomic mass is 32.1. The van der Waals surface area contributed by atoms with Crippen LogP contribution < -0.4 is 19.6 Å². The van der Waals surface area contributed by atoms with Crippen molar-refractivity contribution >= 4 is 29.4 Å². The molecule has 5 rings (SSSR count). The normalized spacial score (nSPS) is 14.8. The summed E-state index contributed by atoms with van der Waals surface area (Å²) < 4.78 is 23.8. The number of allylic oxidation sites excluding steroid dienone is 1. The van der Waals surface area contributed by atoms with Gasteiger partial charge in [-0.05, 0) is 69.2 Å². The van der Waals surface area contributed by atoms with Crippen molar-refractivity contribution in [3.63, 3.8) is 0 Å². The van der Waals surface area contributed by atoms with E-state index in [0.717, 1.165) is 16.7 Å². The molecule has 1 aliphatic rings. The number of benzene rings is 2. The predicted octanol–water partition coefficient (Wildman–Crippen LogP) is 4.55. The lowest BCUT2D eigenvalue weighted by molar-refractivity contribution is -0.139. The first-order valence-electron chi connectivity index (χ1n) is 13.5. The SMILES string of the molecule is CCOC(=O)C1=C(C)N=c2s/c(=C/c3ccc(-c4cccc(C(=O)OC)c4C)o3)c(=O)n2[C@@H]1c1ccc(OCC)cc1. The molecule has 1 aliphatic heterocycles. The van der Waals surface area contributed by atoms with Crippen molar-refractivity contribution in [3.8, 4) is 17.1 Å². The number of aromatic nitrogens is 1. The van der Waals surface area contributed by atoms with E-state index in [1.165, 1.54) is 23.0 Å². The summed E-state index contributed by atoms with van der Waals surface area (Å²) in [6, 6.07) is 15.4. The zero-order valence-electron chi connectivity index (χ0n) is 23.9. The maximum Gasteiger partial charge on any atom is 0.338 e. The minimum atomic E-state index is -0.728. The molecule has 0 saturated carbocycles. The quantitative estimate of drug-likeness (QED) is 0.279. The monoisotopic (exact) mass is 586 g/mol. The van der Waals surface area contributed by atoms with Gasteiger partial charge in [-0.1, -0.05) is 35.6 Å². The summed E-state index contributed by atoms with van der Waals surface area (Å²) in [7, 11) is 1.34. The van der Waals surface area contributed by atoms with E-state index in [9.17, 15) is 14.4 Å². The van der Waals surface area contributed by atoms with Gasteiger partial charge in [-0.3, -0.25) is 9.36 Å². The smallest absolute Gasteiger partial charge is 0.338 e. The average molecular weight is 587 g/mol. The van der Waals surface area contributed by atoms with Gasteiger partial charge in [0.25, 0.3) is 5.56 Å². The van der Waals surface area contributed by atoms with Crippen LogP contribution in [0.15, 0.2) is 80.1 Å². The Bertz CT molecular complexity index is 1880. The number of esters is 2. The van der Waals surface area contributed by atoms with Crippen molar-refractivity contribution in [1.29, 1.82) is 0 Å². The number of thiazole rings is 1. The number of hydrogen-bond donors (Lipinski definition) is 0. The van der Waals surface area contributed by atoms with Gasteiger partial charge >= 0.3 is 11.9 Å². The molecule has 0 saturated heterocycles. The van der Waals surface area contributed by atoms with Gasteiger partial charge in [0.1, 0.15) is 17.3 Å². The van der Waals surface area contributed by atoms with Crippen molar-refractivity contribution in [1.82, 2.24) is 4.57 Å². The van der Waals surface area contributed by atoms with Crippen LogP contribution >= 0.6 is 11.3 Å². The minimum Gasteiger partial charge on any atom is -0.494 e. The first kappa shape index (κ1) is 28.8. The lowest BCUT2D eigenvalue weighted by Gasteiger charge is -2.24. The van der Waals surface area contributed by atoms with Gasteiger partial charge in [0.15, 0.2) is 4.80 Å². The fourth-order valence-corrected chi connectivity index (χ4v) is 5.98. The Morgan fingerprint density at radius 2 is 1.79 bits per heavy atom. The maximum atomic E-state index is 13.9. The summed E-state index contributed by atoms with van der Waals surface area (Å²) in [4.78, 5) is 44.2. The molecule has 0 radical (unpaired) electrons. The van der Waals surface area contributed by atoms with Crippen molar-refractivity contribution < 1.29 is 28.2 Å². The first-order valence-corrected chi connectivity index (χ1v) is 14.3. The highest BCUT2D eigenvalue weighted by Crippen LogP contribution is 2.32. The molecule has 4 aromatic rings. The van der Waals surface area contributed by atoms with E-state index in [1.54, 1.807) is 44.2 Å². The number of carbonyl (C=O) groups excluding carboxylic acids is 2. The molecule has 42 heavy (non-hydrogen) atoms. The number of hydrogen-bond acceptors (Lipinski definition) is 9. The third kappa shape index (κ3) is 5.33. The number of carbonyl (C=O) groups is 2. The molecule has 0 fully saturated rings. The van der Waals surface area contributed by atoms with Crippen LogP contribution in [-0.2, 0) is 14.3 Å². The van der Waals surface area contributed by atoms with Crippen molar-refractivity contribution in [2.24, 2.45) is 4.99 Å². The van der Waals surface area contributed by atoms with E-state index in [0.29, 0.717) is 50.0 Å². The fourth-order valence-electron chi connectivity index (χ4n) is 4.96. The van der Waals surface area contributed by atoms with Gasteiger partial charge < -0.3 is 18.6 Å². The number of nitrogens with zero attached hydrogens (tertiary/aromatic N) is 2. The molecule has 0 spiro atoms. The molecule has 0 bridgehead atoms. The van der Waals surface area contributed by atoms with Gasteiger partial charge in [-0.2, -0.15) is 0 Å². The Hall–Kier alpha value is -4.70. The molecule has 0 aliphatic carbocycles. The number of ether oxygens (including phenoxy) is 3. The summed E-state index contributed by atoms with van der Waals surface area (Å²) in [6.45, 7) is 7.92. The second-order valence-electron chi connectivity index (χ2n) is 9.48. The molecule has 1 atom stereocenters. The highest BCUT2D eigenvalue weighted by Gasteiger charge is 2.33. The summed E-state index contributed by atoms with van der Waals surface area (Å²) >= 11 is 1.21. The van der Waals surface area contributed by atoms with E-state index in [4.69, 9.17) is 18.6 Å². The lowest BCUT2D eigenvalue weighted by atomic mass is 9.96. The van der Waals surface area contributed by atoms with Gasteiger partial charge in [0, 0.05) is 11.6 Å². The lowest BCUT2D eigenvalue weighted by Crippen LogP contribution is -2.39. The van der Waals surface area contributed by atoms with Gasteiger partial charge in [-0.25, -0.2) is 14.6 Å². The third-order valence-electron chi connectivity index (χ3n) is 6.93. The maximum absolute atomic E-state index is 13.9. The molecular weight excluding hydrogens is 556 g/mol. The second kappa shape index (κ2) is 12.0. The van der Waals surface area contributed by atoms with Crippen LogP contribution in [0.5, 0.6) is 5.75 Å². The van der Waals surface area contributed by atoms with Crippen molar-refractivity contribution in [3.05, 3.63) is 108 Å². The highest BCUT2D eigenvalue weighted by molar-refractivity contribution is 7.07. The summed E-state index contributed by atoms with van der Waals surface area (Å²) in [6.07, 6.45) is 1.66. The van der Waals surface area contributed by atoms with Crippen LogP contribution in [0.3, 0.4) is 0 Å². The zero-order chi connectivity index (χ0) is 30.0. The molecule has 9 nitrogen and oxygen atoms in total. The molecule has 0 unspecified atom stereocenters. The largest absolute Gasteiger partial charge is 0.494 e. The van der Waals surface area contributed by atoms with Crippen LogP contribution in [0.2, 0.25) is 0 Å². The Labute approximate surface area is 246 Å². The van der Waals surface area contributed by atoms with Crippen LogP contribution in [0, 0.1) is 6.92 Å². The fraction of sp³-hybridized carbons (Fsp3) is 0.250. The molecule has 10 heteroatoms. The Kier molecular flexibility index (Phi) is 8.26. The minimum absolute atomic E-state index is 0.193. The van der Waals surface area contributed by atoms with Crippen molar-refractivity contribution in [2.75, 3.05) is 20.3 Å². The van der Waals surface area contributed by atoms with E-state index in [-0.39, 0.29) is 12.2 Å². The van der Waals surface area contributed by atoms with Crippen LogP contribution in [0.4, 0.5) is 0 Å². The Balaban J connectivity index is 1.60. The summed E-state index contributed by atoms with van der Waals surface area (Å²) in [5.74, 6) is 0.740. The van der Waals surface area contributed by atoms with E-state index < -0.39 is 18.0 Å². The second-order valence-corrected chi connectivity index (χ2v) is 10.5. The van der Waals surface area contributed by atoms with Gasteiger partial charge in [-0.15, -0.1) is 0 Å². The third-order valence-corrected chi connectivity index (χ3v) is 7.91. The molecule has 2 aromatic carbocycles. The number of furan rings is 1. The van der Waals surface area contributed by atoms with Gasteiger partial charge in [0.2, 0.25) is 0 Å². The van der Waals surface area contributed by atoms with Gasteiger partial charge in [0.05, 0.1) is 47.7 Å². The van der Waals surface area contributed by atoms with Crippen LogP contribution in [0.25, 0.3) is 17.4 Å². The van der Waals surface area contributed by atoms with Crippen LogP contribution in [-0.4, -0.2) is 36.8 Å². The number of methoxy groups -OCH3 is 1. The number of rotatable bonds is 8. The standard InChI is InChI=1S/C32H30N2O7S/c1-6-39-21-13-11-20(12-14-21)28-27(31(37)40-7-2)19(4)33-32-34(28)29(35)26(42-32)17-22-15-16-25(41-22)23-9-8-10-24(18(23)3)30(36)38-5/h8-17,28H,6-7H2,1-5H3/b26-17+/t28-/m1/s1. The topological polar surface area (TPSA) is 109 Å². The Morgan fingerprint density at radius 1 is 1.02 bits per heavy atom.